The summed E-state index contributed by atoms with van der Waals surface area (Å²) in [4.78, 5) is 14.8. The molecule has 0 aromatic carbocycles. The van der Waals surface area contributed by atoms with Crippen molar-refractivity contribution in [2.45, 2.75) is 13.8 Å². The lowest BCUT2D eigenvalue weighted by Gasteiger charge is -2.02. The van der Waals surface area contributed by atoms with Crippen molar-refractivity contribution in [3.8, 4) is 0 Å². The van der Waals surface area contributed by atoms with Crippen LogP contribution in [0.3, 0.4) is 0 Å². The van der Waals surface area contributed by atoms with Gasteiger partial charge in [0, 0.05) is 7.05 Å². The number of carbonyl (C=O) groups is 1. The van der Waals surface area contributed by atoms with Gasteiger partial charge in [-0.2, -0.15) is 5.10 Å². The van der Waals surface area contributed by atoms with Crippen molar-refractivity contribution in [1.29, 1.82) is 0 Å². The Hall–Kier alpha value is -1.39. The van der Waals surface area contributed by atoms with E-state index in [4.69, 9.17) is 10.6 Å². The fraction of sp³-hybridized carbons (Fsp3) is 0.571. The van der Waals surface area contributed by atoms with Crippen LogP contribution in [0.2, 0.25) is 0 Å². The molecule has 0 aliphatic rings. The van der Waals surface area contributed by atoms with E-state index in [9.17, 15) is 4.79 Å². The zero-order valence-corrected chi connectivity index (χ0v) is 7.50. The lowest BCUT2D eigenvalue weighted by atomic mass is 10.2. The van der Waals surface area contributed by atoms with Gasteiger partial charge in [-0.25, -0.2) is 4.79 Å². The predicted molar refractivity (Wildman–Crippen MR) is 47.3 cm³/mol. The van der Waals surface area contributed by atoms with Gasteiger partial charge in [-0.05, 0) is 13.8 Å². The van der Waals surface area contributed by atoms with Crippen LogP contribution in [0.25, 0.3) is 0 Å². The van der Waals surface area contributed by atoms with Gasteiger partial charge in [0.15, 0.2) is 5.71 Å². The fourth-order valence-corrected chi connectivity index (χ4v) is 0.661. The molecule has 0 unspecified atom stereocenters. The zero-order chi connectivity index (χ0) is 9.56. The van der Waals surface area contributed by atoms with Crippen molar-refractivity contribution in [1.82, 2.24) is 0 Å². The molecule has 2 N–H and O–H groups in total. The zero-order valence-electron chi connectivity index (χ0n) is 7.50. The molecule has 0 aromatic heterocycles. The summed E-state index contributed by atoms with van der Waals surface area (Å²) in [6.45, 7) is 3.63. The van der Waals surface area contributed by atoms with E-state index < -0.39 is 5.97 Å². The molecule has 0 amide bonds. The van der Waals surface area contributed by atoms with E-state index >= 15 is 0 Å². The molecule has 0 spiro atoms. The van der Waals surface area contributed by atoms with Gasteiger partial charge in [-0.15, -0.1) is 0 Å². The minimum atomic E-state index is -0.494. The summed E-state index contributed by atoms with van der Waals surface area (Å²) in [7, 11) is 1.49. The number of rotatable bonds is 3. The molecule has 5 nitrogen and oxygen atoms in total. The van der Waals surface area contributed by atoms with Crippen LogP contribution in [0.4, 0.5) is 0 Å². The maximum Gasteiger partial charge on any atom is 0.358 e. The summed E-state index contributed by atoms with van der Waals surface area (Å²) in [6.07, 6.45) is 0. The molecule has 0 heterocycles. The summed E-state index contributed by atoms with van der Waals surface area (Å²) in [5, 5.41) is 3.35. The van der Waals surface area contributed by atoms with Crippen LogP contribution in [-0.4, -0.2) is 31.0 Å². The first-order valence-corrected chi connectivity index (χ1v) is 3.56. The van der Waals surface area contributed by atoms with Gasteiger partial charge in [0.05, 0.1) is 12.3 Å². The van der Waals surface area contributed by atoms with Crippen LogP contribution in [0, 0.1) is 0 Å². The Bertz CT molecular complexity index is 221. The van der Waals surface area contributed by atoms with Crippen molar-refractivity contribution < 1.29 is 9.53 Å². The smallest absolute Gasteiger partial charge is 0.358 e. The Labute approximate surface area is 71.3 Å². The molecule has 5 heteroatoms. The molecule has 0 aromatic rings. The van der Waals surface area contributed by atoms with Crippen LogP contribution in [-0.2, 0) is 9.53 Å². The maximum atomic E-state index is 11.1. The molecule has 0 fully saturated rings. The van der Waals surface area contributed by atoms with Gasteiger partial charge in [0.2, 0.25) is 0 Å². The Morgan fingerprint density at radius 1 is 1.58 bits per heavy atom. The van der Waals surface area contributed by atoms with E-state index in [0.717, 1.165) is 0 Å². The van der Waals surface area contributed by atoms with E-state index in [2.05, 4.69) is 10.1 Å². The van der Waals surface area contributed by atoms with Crippen LogP contribution >= 0.6 is 0 Å². The third-order valence-electron chi connectivity index (χ3n) is 1.23. The van der Waals surface area contributed by atoms with Crippen molar-refractivity contribution in [2.24, 2.45) is 15.9 Å². The van der Waals surface area contributed by atoms with Crippen LogP contribution < -0.4 is 5.84 Å². The number of ether oxygens (including phenoxy) is 1. The largest absolute Gasteiger partial charge is 0.461 e. The van der Waals surface area contributed by atoms with Gasteiger partial charge in [-0.1, -0.05) is 0 Å². The molecule has 0 bridgehead atoms. The highest BCUT2D eigenvalue weighted by atomic mass is 16.5. The van der Waals surface area contributed by atoms with E-state index in [1.807, 2.05) is 0 Å². The molecule has 0 saturated carbocycles. The van der Waals surface area contributed by atoms with Crippen molar-refractivity contribution in [3.63, 3.8) is 0 Å². The summed E-state index contributed by atoms with van der Waals surface area (Å²) < 4.78 is 4.71. The summed E-state index contributed by atoms with van der Waals surface area (Å²) in [5.74, 6) is 4.49. The minimum Gasteiger partial charge on any atom is -0.461 e. The number of esters is 1. The predicted octanol–water partition coefficient (Wildman–Crippen LogP) is -0.0451. The molecule has 68 valence electrons. The summed E-state index contributed by atoms with van der Waals surface area (Å²) >= 11 is 0. The summed E-state index contributed by atoms with van der Waals surface area (Å²) in [6, 6.07) is 0. The Balaban J connectivity index is 4.48. The number of hydrazone groups is 1. The molecular formula is C7H13N3O2. The first kappa shape index (κ1) is 10.6. The van der Waals surface area contributed by atoms with E-state index in [-0.39, 0.29) is 5.71 Å². The molecule has 0 rings (SSSR count). The maximum absolute atomic E-state index is 11.1. The number of carbonyl (C=O) groups excluding carboxylic acids is 1. The topological polar surface area (TPSA) is 77.0 Å². The van der Waals surface area contributed by atoms with E-state index in [0.29, 0.717) is 12.3 Å². The number of hydrogen-bond acceptors (Lipinski definition) is 5. The van der Waals surface area contributed by atoms with Gasteiger partial charge in [0.25, 0.3) is 0 Å². The minimum absolute atomic E-state index is 0.166. The number of aliphatic imine (C=N–C) groups is 1. The Morgan fingerprint density at radius 3 is 2.50 bits per heavy atom. The third-order valence-corrected chi connectivity index (χ3v) is 1.23. The van der Waals surface area contributed by atoms with Crippen molar-refractivity contribution >= 4 is 17.4 Å². The van der Waals surface area contributed by atoms with Crippen LogP contribution in [0.5, 0.6) is 0 Å². The Morgan fingerprint density at radius 2 is 2.17 bits per heavy atom. The average molecular weight is 171 g/mol. The number of hydrogen-bond donors (Lipinski definition) is 1. The second kappa shape index (κ2) is 5.29. The molecular weight excluding hydrogens is 158 g/mol. The lowest BCUT2D eigenvalue weighted by Crippen LogP contribution is -2.25. The summed E-state index contributed by atoms with van der Waals surface area (Å²) in [5.41, 5.74) is 0.537. The fourth-order valence-electron chi connectivity index (χ4n) is 0.661. The second-order valence-corrected chi connectivity index (χ2v) is 2.01. The van der Waals surface area contributed by atoms with Gasteiger partial charge >= 0.3 is 5.97 Å². The number of nitrogens with zero attached hydrogens (tertiary/aromatic N) is 2. The first-order chi connectivity index (χ1) is 5.67. The Kier molecular flexibility index (Phi) is 4.67. The lowest BCUT2D eigenvalue weighted by molar-refractivity contribution is -0.134. The third kappa shape index (κ3) is 2.69. The van der Waals surface area contributed by atoms with Gasteiger partial charge in [-0.3, -0.25) is 4.99 Å². The van der Waals surface area contributed by atoms with Crippen molar-refractivity contribution in [2.75, 3.05) is 13.7 Å². The average Bonchev–Trinajstić information content (AvgIpc) is 2.06. The highest BCUT2D eigenvalue weighted by Crippen LogP contribution is 1.88. The highest BCUT2D eigenvalue weighted by Gasteiger charge is 2.14. The standard InChI is InChI=1S/C7H13N3O2/c1-4-12-7(11)6(9-3)5(2)10-8/h4,8H2,1-3H3/b9-6?,10-5-. The molecule has 12 heavy (non-hydrogen) atoms. The molecule has 0 saturated heterocycles. The molecule has 0 atom stereocenters. The van der Waals surface area contributed by atoms with Crippen molar-refractivity contribution in [3.05, 3.63) is 0 Å². The molecule has 0 radical (unpaired) electrons. The highest BCUT2D eigenvalue weighted by molar-refractivity contribution is 6.65. The monoisotopic (exact) mass is 171 g/mol. The quantitative estimate of drug-likeness (QED) is 0.280. The number of nitrogens with two attached hydrogens (primary N) is 1. The normalized spacial score (nSPS) is 12.9. The second-order valence-electron chi connectivity index (χ2n) is 2.01. The van der Waals surface area contributed by atoms with E-state index in [1.165, 1.54) is 7.05 Å². The van der Waals surface area contributed by atoms with Gasteiger partial charge < -0.3 is 10.6 Å². The van der Waals surface area contributed by atoms with E-state index in [1.54, 1.807) is 13.8 Å². The molecule has 0 aliphatic heterocycles. The van der Waals surface area contributed by atoms with Gasteiger partial charge in [0.1, 0.15) is 0 Å². The SMILES string of the molecule is CCOC(=O)C(=NC)/C(C)=N\N. The van der Waals surface area contributed by atoms with Crippen LogP contribution in [0.15, 0.2) is 10.1 Å². The molecule has 0 aliphatic carbocycles. The first-order valence-electron chi connectivity index (χ1n) is 3.56. The van der Waals surface area contributed by atoms with Crippen LogP contribution in [0.1, 0.15) is 13.8 Å².